The van der Waals surface area contributed by atoms with Crippen LogP contribution in [0.25, 0.3) is 11.2 Å². The summed E-state index contributed by atoms with van der Waals surface area (Å²) in [5, 5.41) is 0. The van der Waals surface area contributed by atoms with Gasteiger partial charge in [0.2, 0.25) is 0 Å². The number of methoxy groups -OCH3 is 2. The molecule has 3 N–H and O–H groups in total. The fraction of sp³-hybridized carbons (Fsp3) is 0.667. The van der Waals surface area contributed by atoms with E-state index in [2.05, 4.69) is 15.0 Å². The molecule has 5 atom stereocenters. The van der Waals surface area contributed by atoms with E-state index in [9.17, 15) is 4.89 Å². The van der Waals surface area contributed by atoms with Gasteiger partial charge in [-0.15, -0.1) is 0 Å². The first-order valence-electron chi connectivity index (χ1n) is 8.52. The molecule has 3 rings (SSSR count). The average molecular weight is 433 g/mol. The van der Waals surface area contributed by atoms with Gasteiger partial charge in [-0.2, -0.15) is 0 Å². The van der Waals surface area contributed by atoms with E-state index in [-0.39, 0.29) is 12.4 Å². The number of imidazole rings is 1. The van der Waals surface area contributed by atoms with Crippen LogP contribution in [0.15, 0.2) is 12.7 Å². The van der Waals surface area contributed by atoms with Gasteiger partial charge in [0.05, 0.1) is 26.1 Å². The zero-order valence-electron chi connectivity index (χ0n) is 15.8. The molecule has 0 radical (unpaired) electrons. The van der Waals surface area contributed by atoms with Crippen LogP contribution in [0.1, 0.15) is 6.23 Å². The smallest absolute Gasteiger partial charge is 0.183 e. The molecule has 0 spiro atoms. The van der Waals surface area contributed by atoms with Crippen LogP contribution < -0.4 is 5.73 Å². The summed E-state index contributed by atoms with van der Waals surface area (Å²) < 4.78 is 30.0. The zero-order valence-corrected chi connectivity index (χ0v) is 17.5. The van der Waals surface area contributed by atoms with E-state index in [1.165, 1.54) is 13.0 Å². The van der Waals surface area contributed by atoms with E-state index < -0.39 is 31.0 Å². The van der Waals surface area contributed by atoms with Crippen molar-refractivity contribution >= 4 is 35.3 Å². The fourth-order valence-electron chi connectivity index (χ4n) is 3.08. The molecule has 0 amide bonds. The van der Waals surface area contributed by atoms with Crippen LogP contribution in [0.5, 0.6) is 0 Å². The van der Waals surface area contributed by atoms with Crippen molar-refractivity contribution in [2.45, 2.75) is 24.5 Å². The van der Waals surface area contributed by atoms with Gasteiger partial charge in [0.25, 0.3) is 0 Å². The Kier molecular flexibility index (Phi) is 6.94. The molecule has 2 unspecified atom stereocenters. The first-order chi connectivity index (χ1) is 13.4. The van der Waals surface area contributed by atoms with Crippen molar-refractivity contribution in [3.05, 3.63) is 12.7 Å². The van der Waals surface area contributed by atoms with Crippen molar-refractivity contribution in [1.29, 1.82) is 0 Å². The second kappa shape index (κ2) is 9.06. The Hall–Kier alpha value is -1.24. The van der Waals surface area contributed by atoms with E-state index in [4.69, 9.17) is 41.0 Å². The molecular weight excluding hydrogens is 409 g/mol. The maximum Gasteiger partial charge on any atom is 0.183 e. The maximum absolute atomic E-state index is 10.1. The Labute approximate surface area is 167 Å². The highest BCUT2D eigenvalue weighted by atomic mass is 32.5. The van der Waals surface area contributed by atoms with Crippen LogP contribution in [0.3, 0.4) is 0 Å². The summed E-state index contributed by atoms with van der Waals surface area (Å²) in [6.45, 7) is -0.617. The Bertz CT molecular complexity index is 847. The molecule has 156 valence electrons. The minimum absolute atomic E-state index is 0.227. The van der Waals surface area contributed by atoms with Gasteiger partial charge in [-0.05, 0) is 11.8 Å². The first kappa shape index (κ1) is 21.5. The predicted octanol–water partition coefficient (Wildman–Crippen LogP) is 0.301. The third-order valence-corrected chi connectivity index (χ3v) is 5.09. The molecule has 11 nitrogen and oxygen atoms in total. The lowest BCUT2D eigenvalue weighted by molar-refractivity contribution is -0.0790. The van der Waals surface area contributed by atoms with Gasteiger partial charge >= 0.3 is 0 Å². The number of aromatic nitrogens is 4. The van der Waals surface area contributed by atoms with Crippen molar-refractivity contribution in [3.63, 3.8) is 0 Å². The summed E-state index contributed by atoms with van der Waals surface area (Å²) in [6.07, 6.45) is 0.473. The summed E-state index contributed by atoms with van der Waals surface area (Å²) >= 11 is 5.09. The van der Waals surface area contributed by atoms with E-state index in [0.29, 0.717) is 24.4 Å². The average Bonchev–Trinajstić information content (AvgIpc) is 3.18. The second-order valence-corrected chi connectivity index (χ2v) is 10.2. The molecule has 2 aromatic heterocycles. The molecule has 2 aromatic rings. The molecule has 3 heterocycles. The molecule has 0 aliphatic carbocycles. The molecule has 13 heteroatoms. The summed E-state index contributed by atoms with van der Waals surface area (Å²) in [7, 11) is 3.13. The highest BCUT2D eigenvalue weighted by Gasteiger charge is 2.49. The highest BCUT2D eigenvalue weighted by Crippen LogP contribution is 2.45. The summed E-state index contributed by atoms with van der Waals surface area (Å²) in [4.78, 5) is 22.6. The Balaban J connectivity index is 1.98. The molecule has 0 bridgehead atoms. The Morgan fingerprint density at radius 3 is 2.71 bits per heavy atom. The predicted molar refractivity (Wildman–Crippen MR) is 104 cm³/mol. The number of hydrogen-bond acceptors (Lipinski definition) is 10. The van der Waals surface area contributed by atoms with Crippen LogP contribution in [-0.2, 0) is 35.3 Å². The van der Waals surface area contributed by atoms with Gasteiger partial charge in [0, 0.05) is 20.9 Å². The second-order valence-electron chi connectivity index (χ2n) is 6.30. The lowest BCUT2D eigenvalue weighted by atomic mass is 10.1. The van der Waals surface area contributed by atoms with Crippen LogP contribution in [0.2, 0.25) is 0 Å². The summed E-state index contributed by atoms with van der Waals surface area (Å²) in [6, 6.07) is 0. The van der Waals surface area contributed by atoms with Crippen molar-refractivity contribution in [1.82, 2.24) is 19.5 Å². The van der Waals surface area contributed by atoms with Crippen molar-refractivity contribution in [2.75, 3.05) is 46.4 Å². The van der Waals surface area contributed by atoms with Gasteiger partial charge in [-0.1, -0.05) is 0 Å². The SMILES string of the molecule is COCCO[C@H]1C(OP(C)(O)=S)[C@@H](COC)O[C@H]1n1cnc2c(N)ncnc21. The molecule has 0 saturated carbocycles. The Morgan fingerprint density at radius 1 is 1.25 bits per heavy atom. The number of ether oxygens (including phenoxy) is 4. The van der Waals surface area contributed by atoms with Crippen molar-refractivity contribution in [2.24, 2.45) is 0 Å². The maximum atomic E-state index is 10.1. The van der Waals surface area contributed by atoms with Crippen LogP contribution in [-0.4, -0.2) is 83.4 Å². The standard InChI is InChI=1S/C15H24N5O6PS/c1-22-4-5-24-12-11(26-27(3,21)28)9(6-23-2)25-15(12)20-8-19-10-13(16)17-7-18-14(10)20/h7-9,11-12,15H,4-6H2,1-3H3,(H,21,28)(H2,16,17,18)/t9-,11?,12+,15-,27?/m1/s1. The Morgan fingerprint density at radius 2 is 2.04 bits per heavy atom. The number of fused-ring (bicyclic) bond motifs is 1. The van der Waals surface area contributed by atoms with E-state index >= 15 is 0 Å². The molecule has 1 fully saturated rings. The molecule has 28 heavy (non-hydrogen) atoms. The van der Waals surface area contributed by atoms with Crippen molar-refractivity contribution in [3.8, 4) is 0 Å². The van der Waals surface area contributed by atoms with Crippen LogP contribution in [0.4, 0.5) is 5.82 Å². The number of hydrogen-bond donors (Lipinski definition) is 2. The molecule has 1 aliphatic rings. The van der Waals surface area contributed by atoms with Gasteiger partial charge in [-0.25, -0.2) is 15.0 Å². The van der Waals surface area contributed by atoms with Gasteiger partial charge in [0.1, 0.15) is 30.2 Å². The van der Waals surface area contributed by atoms with Gasteiger partial charge < -0.3 is 34.1 Å². The molecular formula is C15H24N5O6PS. The quantitative estimate of drug-likeness (QED) is 0.417. The highest BCUT2D eigenvalue weighted by molar-refractivity contribution is 8.09. The number of anilines is 1. The fourth-order valence-corrected chi connectivity index (χ4v) is 4.09. The number of nitrogen functional groups attached to an aromatic ring is 1. The van der Waals surface area contributed by atoms with E-state index in [1.807, 2.05) is 0 Å². The minimum Gasteiger partial charge on any atom is -0.382 e. The lowest BCUT2D eigenvalue weighted by Crippen LogP contribution is -2.38. The van der Waals surface area contributed by atoms with E-state index in [1.54, 1.807) is 25.1 Å². The number of nitrogens with two attached hydrogens (primary N) is 1. The lowest BCUT2D eigenvalue weighted by Gasteiger charge is -2.27. The van der Waals surface area contributed by atoms with Gasteiger partial charge in [-0.3, -0.25) is 4.57 Å². The summed E-state index contributed by atoms with van der Waals surface area (Å²) in [5.41, 5.74) is 6.83. The van der Waals surface area contributed by atoms with Crippen molar-refractivity contribution < 1.29 is 28.4 Å². The summed E-state index contributed by atoms with van der Waals surface area (Å²) in [5.74, 6) is 0.263. The third kappa shape index (κ3) is 4.66. The molecule has 1 saturated heterocycles. The van der Waals surface area contributed by atoms with E-state index in [0.717, 1.165) is 0 Å². The first-order valence-corrected chi connectivity index (χ1v) is 11.6. The molecule has 0 aromatic carbocycles. The van der Waals surface area contributed by atoms with Crippen LogP contribution >= 0.6 is 6.49 Å². The van der Waals surface area contributed by atoms with Gasteiger partial charge in [0.15, 0.2) is 24.2 Å². The number of nitrogens with zero attached hydrogens (tertiary/aromatic N) is 4. The topological polar surface area (TPSA) is 136 Å². The number of rotatable bonds is 9. The monoisotopic (exact) mass is 433 g/mol. The minimum atomic E-state index is -3.00. The third-order valence-electron chi connectivity index (χ3n) is 4.19. The van der Waals surface area contributed by atoms with Crippen LogP contribution in [0, 0.1) is 0 Å². The molecule has 1 aliphatic heterocycles. The zero-order chi connectivity index (χ0) is 20.3. The normalized spacial score (nSPS) is 27.3. The largest absolute Gasteiger partial charge is 0.382 e.